The number of carbonyl (C=O) groups excluding carboxylic acids is 1. The summed E-state index contributed by atoms with van der Waals surface area (Å²) < 4.78 is 0. The van der Waals surface area contributed by atoms with E-state index in [9.17, 15) is 4.79 Å². The van der Waals surface area contributed by atoms with Crippen LogP contribution in [-0.4, -0.2) is 54.3 Å². The maximum absolute atomic E-state index is 12.6. The van der Waals surface area contributed by atoms with Crippen LogP contribution in [0.5, 0.6) is 0 Å². The van der Waals surface area contributed by atoms with Gasteiger partial charge in [0.2, 0.25) is 0 Å². The normalized spacial score (nSPS) is 18.9. The van der Waals surface area contributed by atoms with Crippen molar-refractivity contribution in [1.82, 2.24) is 9.80 Å². The number of piperidine rings is 1. The molecule has 1 fully saturated rings. The van der Waals surface area contributed by atoms with Gasteiger partial charge in [0, 0.05) is 16.6 Å². The van der Waals surface area contributed by atoms with Crippen LogP contribution in [0.4, 0.5) is 0 Å². The lowest BCUT2D eigenvalue weighted by atomic mass is 9.98. The molecular weight excluding hydrogens is 284 g/mol. The predicted octanol–water partition coefficient (Wildman–Crippen LogP) is 3.33. The van der Waals surface area contributed by atoms with Gasteiger partial charge in [0.05, 0.1) is 6.04 Å². The lowest BCUT2D eigenvalue weighted by Gasteiger charge is -2.38. The highest BCUT2D eigenvalue weighted by molar-refractivity contribution is 6.30. The van der Waals surface area contributed by atoms with Crippen LogP contribution in [0.2, 0.25) is 5.02 Å². The van der Waals surface area contributed by atoms with Crippen molar-refractivity contribution in [2.75, 3.05) is 26.7 Å². The van der Waals surface area contributed by atoms with Crippen molar-refractivity contribution < 1.29 is 4.79 Å². The average molecular weight is 309 g/mol. The van der Waals surface area contributed by atoms with Gasteiger partial charge in [-0.25, -0.2) is 0 Å². The number of benzene rings is 1. The number of hydrogen-bond acceptors (Lipinski definition) is 3. The molecule has 2 rings (SSSR count). The Morgan fingerprint density at radius 1 is 1.33 bits per heavy atom. The van der Waals surface area contributed by atoms with Gasteiger partial charge in [-0.3, -0.25) is 9.69 Å². The van der Waals surface area contributed by atoms with Gasteiger partial charge in [0.25, 0.3) is 0 Å². The van der Waals surface area contributed by atoms with Crippen molar-refractivity contribution in [3.05, 3.63) is 34.9 Å². The summed E-state index contributed by atoms with van der Waals surface area (Å²) in [6, 6.07) is 7.59. The second-order valence-corrected chi connectivity index (χ2v) is 6.31. The highest BCUT2D eigenvalue weighted by Crippen LogP contribution is 2.19. The molecule has 4 heteroatoms. The number of halogens is 1. The van der Waals surface area contributed by atoms with Gasteiger partial charge in [-0.05, 0) is 70.7 Å². The van der Waals surface area contributed by atoms with Crippen LogP contribution in [0.3, 0.4) is 0 Å². The minimum atomic E-state index is -0.0932. The minimum absolute atomic E-state index is 0.0932. The zero-order valence-corrected chi connectivity index (χ0v) is 13.9. The number of Topliss-reactive ketones (excluding diaryl/α,β-unsaturated/α-hetero) is 1. The van der Waals surface area contributed by atoms with Gasteiger partial charge in [-0.2, -0.15) is 0 Å². The van der Waals surface area contributed by atoms with Crippen molar-refractivity contribution in [2.45, 2.75) is 38.8 Å². The van der Waals surface area contributed by atoms with Gasteiger partial charge < -0.3 is 4.90 Å². The Kier molecular flexibility index (Phi) is 5.80. The first-order valence-corrected chi connectivity index (χ1v) is 8.14. The summed E-state index contributed by atoms with van der Waals surface area (Å²) in [5.74, 6) is 0.173. The SMILES string of the molecule is CCN1CCC(N(C)C(C)C(=O)c2ccc(Cl)cc2)CC1. The van der Waals surface area contributed by atoms with Crippen molar-refractivity contribution in [3.8, 4) is 0 Å². The molecular formula is C17H25ClN2O. The molecule has 1 aliphatic heterocycles. The van der Waals surface area contributed by atoms with Gasteiger partial charge in [-0.1, -0.05) is 18.5 Å². The molecule has 1 aromatic carbocycles. The molecule has 0 N–H and O–H groups in total. The highest BCUT2D eigenvalue weighted by Gasteiger charge is 2.28. The van der Waals surface area contributed by atoms with E-state index in [2.05, 4.69) is 23.8 Å². The van der Waals surface area contributed by atoms with Crippen molar-refractivity contribution in [1.29, 1.82) is 0 Å². The van der Waals surface area contributed by atoms with Gasteiger partial charge in [0.15, 0.2) is 5.78 Å². The Balaban J connectivity index is 1.97. The molecule has 0 radical (unpaired) electrons. The molecule has 1 atom stereocenters. The Morgan fingerprint density at radius 2 is 1.90 bits per heavy atom. The number of likely N-dealkylation sites (tertiary alicyclic amines) is 1. The molecule has 0 aliphatic carbocycles. The summed E-state index contributed by atoms with van der Waals surface area (Å²) >= 11 is 5.88. The molecule has 1 aliphatic rings. The number of nitrogens with zero attached hydrogens (tertiary/aromatic N) is 2. The van der Waals surface area contributed by atoms with E-state index >= 15 is 0 Å². The molecule has 116 valence electrons. The number of rotatable bonds is 5. The Morgan fingerprint density at radius 3 is 2.43 bits per heavy atom. The smallest absolute Gasteiger partial charge is 0.179 e. The van der Waals surface area contributed by atoms with Crippen LogP contribution in [0, 0.1) is 0 Å². The number of hydrogen-bond donors (Lipinski definition) is 0. The summed E-state index contributed by atoms with van der Waals surface area (Å²) in [4.78, 5) is 17.3. The standard InChI is InChI=1S/C17H25ClN2O/c1-4-20-11-9-16(10-12-20)19(3)13(2)17(21)14-5-7-15(18)8-6-14/h5-8,13,16H,4,9-12H2,1-3H3. The van der Waals surface area contributed by atoms with E-state index in [1.807, 2.05) is 19.1 Å². The molecule has 1 saturated heterocycles. The summed E-state index contributed by atoms with van der Waals surface area (Å²) in [6.07, 6.45) is 2.28. The maximum atomic E-state index is 12.6. The molecule has 0 amide bonds. The van der Waals surface area contributed by atoms with Crippen LogP contribution in [0.1, 0.15) is 37.0 Å². The van der Waals surface area contributed by atoms with Gasteiger partial charge >= 0.3 is 0 Å². The molecule has 3 nitrogen and oxygen atoms in total. The average Bonchev–Trinajstić information content (AvgIpc) is 2.53. The van der Waals surface area contributed by atoms with Crippen molar-refractivity contribution in [2.24, 2.45) is 0 Å². The second kappa shape index (κ2) is 7.39. The summed E-state index contributed by atoms with van der Waals surface area (Å²) in [5, 5.41) is 0.666. The number of ketones is 1. The highest BCUT2D eigenvalue weighted by atomic mass is 35.5. The first kappa shape index (κ1) is 16.5. The van der Waals surface area contributed by atoms with Gasteiger partial charge in [-0.15, -0.1) is 0 Å². The fourth-order valence-corrected chi connectivity index (χ4v) is 3.13. The van der Waals surface area contributed by atoms with Crippen molar-refractivity contribution >= 4 is 17.4 Å². The topological polar surface area (TPSA) is 23.6 Å². The Labute approximate surface area is 132 Å². The molecule has 0 spiro atoms. The van der Waals surface area contributed by atoms with E-state index in [1.165, 1.54) is 0 Å². The summed E-state index contributed by atoms with van der Waals surface area (Å²) in [7, 11) is 2.07. The molecule has 1 heterocycles. The van der Waals surface area contributed by atoms with E-state index in [1.54, 1.807) is 12.1 Å². The quantitative estimate of drug-likeness (QED) is 0.780. The first-order valence-electron chi connectivity index (χ1n) is 7.77. The number of carbonyl (C=O) groups is 1. The predicted molar refractivity (Wildman–Crippen MR) is 88.1 cm³/mol. The minimum Gasteiger partial charge on any atom is -0.303 e. The molecule has 1 unspecified atom stereocenters. The van der Waals surface area contributed by atoms with Crippen LogP contribution in [0.25, 0.3) is 0 Å². The Bertz CT molecular complexity index is 466. The molecule has 1 aromatic rings. The Hall–Kier alpha value is -0.900. The molecule has 21 heavy (non-hydrogen) atoms. The van der Waals surface area contributed by atoms with Gasteiger partial charge in [0.1, 0.15) is 0 Å². The van der Waals surface area contributed by atoms with Crippen LogP contribution in [0.15, 0.2) is 24.3 Å². The number of likely N-dealkylation sites (N-methyl/N-ethyl adjacent to an activating group) is 1. The van der Waals surface area contributed by atoms with E-state index in [4.69, 9.17) is 11.6 Å². The van der Waals surface area contributed by atoms with E-state index in [0.717, 1.165) is 38.0 Å². The molecule has 0 bridgehead atoms. The third-order valence-corrected chi connectivity index (χ3v) is 4.95. The molecule has 0 saturated carbocycles. The third kappa shape index (κ3) is 4.06. The summed E-state index contributed by atoms with van der Waals surface area (Å²) in [5.41, 5.74) is 0.741. The summed E-state index contributed by atoms with van der Waals surface area (Å²) in [6.45, 7) is 7.59. The monoisotopic (exact) mass is 308 g/mol. The van der Waals surface area contributed by atoms with Crippen LogP contribution >= 0.6 is 11.6 Å². The van der Waals surface area contributed by atoms with Crippen LogP contribution < -0.4 is 0 Å². The fraction of sp³-hybridized carbons (Fsp3) is 0.588. The van der Waals surface area contributed by atoms with Crippen molar-refractivity contribution in [3.63, 3.8) is 0 Å². The zero-order valence-electron chi connectivity index (χ0n) is 13.2. The first-order chi connectivity index (χ1) is 10.0. The van der Waals surface area contributed by atoms with Crippen LogP contribution in [-0.2, 0) is 0 Å². The maximum Gasteiger partial charge on any atom is 0.179 e. The largest absolute Gasteiger partial charge is 0.303 e. The second-order valence-electron chi connectivity index (χ2n) is 5.88. The zero-order chi connectivity index (χ0) is 15.4. The van der Waals surface area contributed by atoms with E-state index in [-0.39, 0.29) is 11.8 Å². The lowest BCUT2D eigenvalue weighted by Crippen LogP contribution is -2.48. The van der Waals surface area contributed by atoms with E-state index in [0.29, 0.717) is 11.1 Å². The fourth-order valence-electron chi connectivity index (χ4n) is 3.00. The molecule has 0 aromatic heterocycles. The third-order valence-electron chi connectivity index (χ3n) is 4.70. The van der Waals surface area contributed by atoms with E-state index < -0.39 is 0 Å². The lowest BCUT2D eigenvalue weighted by molar-refractivity contribution is 0.0712.